The van der Waals surface area contributed by atoms with Gasteiger partial charge in [-0.1, -0.05) is 23.4 Å². The Morgan fingerprint density at radius 3 is 2.76 bits per heavy atom. The third-order valence-corrected chi connectivity index (χ3v) is 3.48. The van der Waals surface area contributed by atoms with Gasteiger partial charge < -0.3 is 15.3 Å². The zero-order valence-electron chi connectivity index (χ0n) is 12.6. The number of aliphatic hydroxyl groups is 1. The maximum atomic E-state index is 12.0. The molecule has 0 radical (unpaired) electrons. The predicted molar refractivity (Wildman–Crippen MR) is 85.5 cm³/mol. The Hall–Kier alpha value is -1.54. The lowest BCUT2D eigenvalue weighted by Gasteiger charge is -2.20. The van der Waals surface area contributed by atoms with Crippen molar-refractivity contribution in [3.63, 3.8) is 0 Å². The normalized spacial score (nSPS) is 10.4. The van der Waals surface area contributed by atoms with Gasteiger partial charge in [-0.3, -0.25) is 4.79 Å². The van der Waals surface area contributed by atoms with Gasteiger partial charge in [-0.05, 0) is 39.1 Å². The van der Waals surface area contributed by atoms with Crippen LogP contribution in [0.2, 0.25) is 5.02 Å². The number of hydrogen-bond acceptors (Lipinski definition) is 3. The molecule has 1 aromatic rings. The highest BCUT2D eigenvalue weighted by Gasteiger charge is 2.09. The molecular weight excluding hydrogens is 288 g/mol. The Bertz CT molecular complexity index is 547. The number of aliphatic hydroxyl groups excluding tert-OH is 1. The van der Waals surface area contributed by atoms with Crippen molar-refractivity contribution in [1.29, 1.82) is 0 Å². The minimum absolute atomic E-state index is 0.157. The van der Waals surface area contributed by atoms with Gasteiger partial charge in [0.25, 0.3) is 5.91 Å². The fourth-order valence-electron chi connectivity index (χ4n) is 1.60. The van der Waals surface area contributed by atoms with Gasteiger partial charge in [-0.15, -0.1) is 0 Å². The van der Waals surface area contributed by atoms with Gasteiger partial charge in [0.1, 0.15) is 6.61 Å². The van der Waals surface area contributed by atoms with Crippen LogP contribution in [0.1, 0.15) is 29.8 Å². The van der Waals surface area contributed by atoms with Crippen molar-refractivity contribution < 1.29 is 9.90 Å². The molecule has 0 aliphatic rings. The van der Waals surface area contributed by atoms with E-state index < -0.39 is 0 Å². The SMILES string of the molecule is CC(C)N(C)CCNC(=O)c1ccc(C#CCO)c(Cl)c1. The van der Waals surface area contributed by atoms with Crippen molar-refractivity contribution in [2.75, 3.05) is 26.7 Å². The van der Waals surface area contributed by atoms with Crippen LogP contribution in [0.3, 0.4) is 0 Å². The van der Waals surface area contributed by atoms with Crippen molar-refractivity contribution >= 4 is 17.5 Å². The molecule has 5 heteroatoms. The molecule has 0 heterocycles. The summed E-state index contributed by atoms with van der Waals surface area (Å²) < 4.78 is 0. The summed E-state index contributed by atoms with van der Waals surface area (Å²) in [6.07, 6.45) is 0. The lowest BCUT2D eigenvalue weighted by Crippen LogP contribution is -2.36. The van der Waals surface area contributed by atoms with Crippen LogP contribution in [0, 0.1) is 11.8 Å². The molecule has 1 rings (SSSR count). The van der Waals surface area contributed by atoms with E-state index in [9.17, 15) is 4.79 Å². The maximum absolute atomic E-state index is 12.0. The van der Waals surface area contributed by atoms with Crippen LogP contribution in [-0.4, -0.2) is 48.7 Å². The summed E-state index contributed by atoms with van der Waals surface area (Å²) in [5.41, 5.74) is 1.10. The molecule has 0 bridgehead atoms. The maximum Gasteiger partial charge on any atom is 0.251 e. The van der Waals surface area contributed by atoms with E-state index in [1.165, 1.54) is 0 Å². The quantitative estimate of drug-likeness (QED) is 0.815. The predicted octanol–water partition coefficient (Wildman–Crippen LogP) is 1.75. The summed E-state index contributed by atoms with van der Waals surface area (Å²) in [6.45, 7) is 5.36. The van der Waals surface area contributed by atoms with Gasteiger partial charge >= 0.3 is 0 Å². The molecule has 0 atom stereocenters. The van der Waals surface area contributed by atoms with Gasteiger partial charge in [-0.25, -0.2) is 0 Å². The Morgan fingerprint density at radius 2 is 2.19 bits per heavy atom. The van der Waals surface area contributed by atoms with Crippen LogP contribution in [0.15, 0.2) is 18.2 Å². The molecular formula is C16H21ClN2O2. The van der Waals surface area contributed by atoms with Crippen LogP contribution < -0.4 is 5.32 Å². The minimum Gasteiger partial charge on any atom is -0.384 e. The average Bonchev–Trinajstić information content (AvgIpc) is 2.45. The molecule has 21 heavy (non-hydrogen) atoms. The van der Waals surface area contributed by atoms with Crippen molar-refractivity contribution in [2.24, 2.45) is 0 Å². The molecule has 1 amide bonds. The smallest absolute Gasteiger partial charge is 0.251 e. The number of benzene rings is 1. The number of amides is 1. The van der Waals surface area contributed by atoms with Crippen LogP contribution >= 0.6 is 11.6 Å². The number of nitrogens with zero attached hydrogens (tertiary/aromatic N) is 1. The highest BCUT2D eigenvalue weighted by Crippen LogP contribution is 2.17. The third kappa shape index (κ3) is 5.76. The monoisotopic (exact) mass is 308 g/mol. The highest BCUT2D eigenvalue weighted by atomic mass is 35.5. The molecule has 0 saturated heterocycles. The van der Waals surface area contributed by atoms with E-state index in [-0.39, 0.29) is 12.5 Å². The second-order valence-electron chi connectivity index (χ2n) is 4.98. The molecule has 0 aliphatic heterocycles. The first kappa shape index (κ1) is 17.5. The summed E-state index contributed by atoms with van der Waals surface area (Å²) in [7, 11) is 2.02. The van der Waals surface area contributed by atoms with Crippen LogP contribution in [0.4, 0.5) is 0 Å². The first-order valence-electron chi connectivity index (χ1n) is 6.83. The van der Waals surface area contributed by atoms with Crippen LogP contribution in [0.5, 0.6) is 0 Å². The third-order valence-electron chi connectivity index (χ3n) is 3.17. The van der Waals surface area contributed by atoms with Gasteiger partial charge in [-0.2, -0.15) is 0 Å². The summed E-state index contributed by atoms with van der Waals surface area (Å²) >= 11 is 6.06. The number of nitrogens with one attached hydrogen (secondary N) is 1. The first-order valence-corrected chi connectivity index (χ1v) is 7.21. The van der Waals surface area contributed by atoms with Crippen LogP contribution in [-0.2, 0) is 0 Å². The Labute approximate surface area is 131 Å². The van der Waals surface area contributed by atoms with E-state index in [0.717, 1.165) is 6.54 Å². The Balaban J connectivity index is 2.61. The summed E-state index contributed by atoms with van der Waals surface area (Å²) in [6, 6.07) is 5.39. The molecule has 1 aromatic carbocycles. The molecule has 2 N–H and O–H groups in total. The number of hydrogen-bond donors (Lipinski definition) is 2. The van der Waals surface area contributed by atoms with Crippen molar-refractivity contribution in [1.82, 2.24) is 10.2 Å². The topological polar surface area (TPSA) is 52.6 Å². The molecule has 0 aromatic heterocycles. The van der Waals surface area contributed by atoms with Crippen LogP contribution in [0.25, 0.3) is 0 Å². The van der Waals surface area contributed by atoms with Gasteiger partial charge in [0.15, 0.2) is 0 Å². The number of rotatable bonds is 5. The van der Waals surface area contributed by atoms with Crippen molar-refractivity contribution in [3.8, 4) is 11.8 Å². The lowest BCUT2D eigenvalue weighted by atomic mass is 10.1. The van der Waals surface area contributed by atoms with E-state index in [4.69, 9.17) is 16.7 Å². The molecule has 4 nitrogen and oxygen atoms in total. The minimum atomic E-state index is -0.220. The molecule has 0 saturated carbocycles. The molecule has 0 fully saturated rings. The molecule has 0 unspecified atom stereocenters. The van der Waals surface area contributed by atoms with E-state index >= 15 is 0 Å². The summed E-state index contributed by atoms with van der Waals surface area (Å²) in [4.78, 5) is 14.2. The fourth-order valence-corrected chi connectivity index (χ4v) is 1.83. The zero-order valence-corrected chi connectivity index (χ0v) is 13.4. The summed E-state index contributed by atoms with van der Waals surface area (Å²) in [5, 5.41) is 11.9. The van der Waals surface area contributed by atoms with Crippen molar-refractivity contribution in [3.05, 3.63) is 34.3 Å². The van der Waals surface area contributed by atoms with Gasteiger partial charge in [0.2, 0.25) is 0 Å². The number of carbonyl (C=O) groups is 1. The second kappa shape index (κ2) is 8.68. The molecule has 114 valence electrons. The largest absolute Gasteiger partial charge is 0.384 e. The Morgan fingerprint density at radius 1 is 1.48 bits per heavy atom. The standard InChI is InChI=1S/C16H21ClN2O2/c1-12(2)19(3)9-8-18-16(21)14-7-6-13(5-4-10-20)15(17)11-14/h6-7,11-12,20H,8-10H2,1-3H3,(H,18,21). The fraction of sp³-hybridized carbons (Fsp3) is 0.438. The Kier molecular flexibility index (Phi) is 7.24. The van der Waals surface area contributed by atoms with Gasteiger partial charge in [0, 0.05) is 30.3 Å². The van der Waals surface area contributed by atoms with Gasteiger partial charge in [0.05, 0.1) is 5.02 Å². The highest BCUT2D eigenvalue weighted by molar-refractivity contribution is 6.32. The molecule has 0 aliphatic carbocycles. The average molecular weight is 309 g/mol. The van der Waals surface area contributed by atoms with E-state index in [1.54, 1.807) is 18.2 Å². The van der Waals surface area contributed by atoms with E-state index in [1.807, 2.05) is 7.05 Å². The van der Waals surface area contributed by atoms with Crippen molar-refractivity contribution in [2.45, 2.75) is 19.9 Å². The van der Waals surface area contributed by atoms with E-state index in [2.05, 4.69) is 35.9 Å². The number of halogens is 1. The lowest BCUT2D eigenvalue weighted by molar-refractivity contribution is 0.0948. The summed E-state index contributed by atoms with van der Waals surface area (Å²) in [5.74, 6) is 5.10. The number of carbonyl (C=O) groups excluding carboxylic acids is 1. The second-order valence-corrected chi connectivity index (χ2v) is 5.39. The first-order chi connectivity index (χ1) is 9.95. The van der Waals surface area contributed by atoms with E-state index in [0.29, 0.717) is 28.7 Å². The molecule has 0 spiro atoms. The number of likely N-dealkylation sites (N-methyl/N-ethyl adjacent to an activating group) is 1. The zero-order chi connectivity index (χ0) is 15.8.